The number of methoxy groups -OCH3 is 2. The topological polar surface area (TPSA) is 74.3 Å². The zero-order valence-electron chi connectivity index (χ0n) is 13.6. The number of hydrogen-bond donors (Lipinski definition) is 0. The number of ether oxygens (including phenoxy) is 4. The monoisotopic (exact) mass is 395 g/mol. The van der Waals surface area contributed by atoms with Crippen LogP contribution in [0, 0.1) is 0 Å². The molecule has 1 aliphatic heterocycles. The summed E-state index contributed by atoms with van der Waals surface area (Å²) in [4.78, 5) is 25.1. The fraction of sp³-hybridized carbons (Fsp3) is 0.333. The van der Waals surface area contributed by atoms with Crippen LogP contribution in [0.5, 0.6) is 5.75 Å². The Bertz CT molecular complexity index is 749. The standard InChI is InChI=1S/C15H13ClF3NO6/c1-23-13(21)8-6-25-7-20(11(8)14(22)24-2)12-9(16)4-3-5-10(12)26-15(17,18)19/h3-5H,6-7H2,1-2H3. The van der Waals surface area contributed by atoms with E-state index in [2.05, 4.69) is 14.2 Å². The second kappa shape index (κ2) is 7.83. The lowest BCUT2D eigenvalue weighted by Crippen LogP contribution is -2.39. The van der Waals surface area contributed by atoms with Crippen LogP contribution in [-0.2, 0) is 23.8 Å². The first-order valence-electron chi connectivity index (χ1n) is 6.99. The fourth-order valence-corrected chi connectivity index (χ4v) is 2.55. The van der Waals surface area contributed by atoms with Gasteiger partial charge in [-0.3, -0.25) is 0 Å². The summed E-state index contributed by atoms with van der Waals surface area (Å²) in [6, 6.07) is 3.54. The third-order valence-corrected chi connectivity index (χ3v) is 3.58. The van der Waals surface area contributed by atoms with Crippen LogP contribution in [0.2, 0.25) is 5.02 Å². The Kier molecular flexibility index (Phi) is 5.98. The maximum atomic E-state index is 12.7. The molecule has 1 aliphatic rings. The molecule has 142 valence electrons. The molecule has 0 unspecified atom stereocenters. The summed E-state index contributed by atoms with van der Waals surface area (Å²) in [5.74, 6) is -2.56. The predicted octanol–water partition coefficient (Wildman–Crippen LogP) is 2.63. The molecule has 0 fully saturated rings. The smallest absolute Gasteiger partial charge is 0.466 e. The van der Waals surface area contributed by atoms with Crippen LogP contribution in [0.15, 0.2) is 29.5 Å². The molecule has 2 rings (SSSR count). The Labute approximate surface area is 150 Å². The number of hydrogen-bond acceptors (Lipinski definition) is 7. The zero-order chi connectivity index (χ0) is 19.5. The van der Waals surface area contributed by atoms with Crippen LogP contribution in [0.4, 0.5) is 18.9 Å². The zero-order valence-corrected chi connectivity index (χ0v) is 14.3. The van der Waals surface area contributed by atoms with Crippen molar-refractivity contribution in [2.45, 2.75) is 6.36 Å². The molecule has 11 heteroatoms. The van der Waals surface area contributed by atoms with Gasteiger partial charge in [0, 0.05) is 0 Å². The number of nitrogens with zero attached hydrogens (tertiary/aromatic N) is 1. The Morgan fingerprint density at radius 3 is 2.42 bits per heavy atom. The van der Waals surface area contributed by atoms with Gasteiger partial charge in [-0.05, 0) is 12.1 Å². The van der Waals surface area contributed by atoms with Crippen LogP contribution in [0.25, 0.3) is 0 Å². The Balaban J connectivity index is 2.65. The summed E-state index contributed by atoms with van der Waals surface area (Å²) >= 11 is 6.03. The highest BCUT2D eigenvalue weighted by Gasteiger charge is 2.37. The fourth-order valence-electron chi connectivity index (χ4n) is 2.28. The lowest BCUT2D eigenvalue weighted by Gasteiger charge is -2.32. The van der Waals surface area contributed by atoms with Gasteiger partial charge in [-0.25, -0.2) is 9.59 Å². The second-order valence-electron chi connectivity index (χ2n) is 4.85. The van der Waals surface area contributed by atoms with E-state index in [-0.39, 0.29) is 35.3 Å². The van der Waals surface area contributed by atoms with Crippen molar-refractivity contribution >= 4 is 29.2 Å². The first-order valence-corrected chi connectivity index (χ1v) is 7.36. The normalized spacial score (nSPS) is 14.9. The predicted molar refractivity (Wildman–Crippen MR) is 82.5 cm³/mol. The van der Waals surface area contributed by atoms with Crippen LogP contribution < -0.4 is 9.64 Å². The van der Waals surface area contributed by atoms with E-state index < -0.39 is 24.1 Å². The third kappa shape index (κ3) is 4.20. The van der Waals surface area contributed by atoms with Gasteiger partial charge in [-0.15, -0.1) is 13.2 Å². The maximum Gasteiger partial charge on any atom is 0.573 e. The number of benzene rings is 1. The first-order chi connectivity index (χ1) is 12.2. The number of rotatable bonds is 4. The van der Waals surface area contributed by atoms with Gasteiger partial charge in [0.05, 0.1) is 31.4 Å². The van der Waals surface area contributed by atoms with E-state index in [0.717, 1.165) is 25.2 Å². The van der Waals surface area contributed by atoms with Crippen LogP contribution in [-0.4, -0.2) is 45.9 Å². The molecule has 0 radical (unpaired) electrons. The Hall–Kier alpha value is -2.46. The minimum absolute atomic E-state index is 0.164. The number of para-hydroxylation sites is 1. The van der Waals surface area contributed by atoms with Gasteiger partial charge in [-0.1, -0.05) is 17.7 Å². The summed E-state index contributed by atoms with van der Waals surface area (Å²) < 4.78 is 56.5. The molecule has 0 amide bonds. The minimum atomic E-state index is -5.00. The van der Waals surface area contributed by atoms with E-state index in [1.54, 1.807) is 0 Å². The SMILES string of the molecule is COC(=O)C1=C(C(=O)OC)N(c2c(Cl)cccc2OC(F)(F)F)COC1. The molecule has 7 nitrogen and oxygen atoms in total. The van der Waals surface area contributed by atoms with E-state index in [1.165, 1.54) is 12.1 Å². The van der Waals surface area contributed by atoms with E-state index >= 15 is 0 Å². The molecule has 1 aromatic rings. The largest absolute Gasteiger partial charge is 0.573 e. The molecule has 26 heavy (non-hydrogen) atoms. The molecule has 1 aromatic carbocycles. The average molecular weight is 396 g/mol. The van der Waals surface area contributed by atoms with Crippen LogP contribution in [0.1, 0.15) is 0 Å². The summed E-state index contributed by atoms with van der Waals surface area (Å²) in [6.07, 6.45) is -5.00. The first kappa shape index (κ1) is 19.9. The molecule has 0 N–H and O–H groups in total. The highest BCUT2D eigenvalue weighted by molar-refractivity contribution is 6.34. The van der Waals surface area contributed by atoms with E-state index in [1.807, 2.05) is 0 Å². The molecule has 1 heterocycles. The van der Waals surface area contributed by atoms with Crippen molar-refractivity contribution in [2.75, 3.05) is 32.5 Å². The van der Waals surface area contributed by atoms with E-state index in [0.29, 0.717) is 0 Å². The van der Waals surface area contributed by atoms with Crippen molar-refractivity contribution in [2.24, 2.45) is 0 Å². The molecule has 0 spiro atoms. The van der Waals surface area contributed by atoms with Crippen LogP contribution >= 0.6 is 11.6 Å². The third-order valence-electron chi connectivity index (χ3n) is 3.28. The van der Waals surface area contributed by atoms with Gasteiger partial charge in [0.15, 0.2) is 5.75 Å². The highest BCUT2D eigenvalue weighted by Crippen LogP contribution is 2.41. The van der Waals surface area contributed by atoms with Crippen molar-refractivity contribution in [3.8, 4) is 5.75 Å². The van der Waals surface area contributed by atoms with Gasteiger partial charge in [-0.2, -0.15) is 0 Å². The van der Waals surface area contributed by atoms with Gasteiger partial charge in [0.1, 0.15) is 18.1 Å². The number of halogens is 4. The molecule has 0 saturated heterocycles. The molecule has 0 aliphatic carbocycles. The number of carbonyl (C=O) groups excluding carboxylic acids is 2. The summed E-state index contributed by atoms with van der Waals surface area (Å²) in [5, 5.41) is -0.164. The molecule has 0 atom stereocenters. The molecule has 0 bridgehead atoms. The van der Waals surface area contributed by atoms with Crippen molar-refractivity contribution in [1.82, 2.24) is 0 Å². The summed E-state index contributed by atoms with van der Waals surface area (Å²) in [7, 11) is 2.13. The van der Waals surface area contributed by atoms with Crippen LogP contribution in [0.3, 0.4) is 0 Å². The number of anilines is 1. The quantitative estimate of drug-likeness (QED) is 0.725. The molecular formula is C15H13ClF3NO6. The van der Waals surface area contributed by atoms with Crippen molar-refractivity contribution < 1.29 is 41.7 Å². The summed E-state index contributed by atoms with van der Waals surface area (Å²) in [6.45, 7) is -0.670. The molecular weight excluding hydrogens is 383 g/mol. The van der Waals surface area contributed by atoms with Gasteiger partial charge in [0.2, 0.25) is 0 Å². The number of carbonyl (C=O) groups is 2. The Morgan fingerprint density at radius 2 is 1.85 bits per heavy atom. The Morgan fingerprint density at radius 1 is 1.19 bits per heavy atom. The summed E-state index contributed by atoms with van der Waals surface area (Å²) in [5.41, 5.74) is -0.901. The lowest BCUT2D eigenvalue weighted by atomic mass is 10.1. The van der Waals surface area contributed by atoms with Crippen molar-refractivity contribution in [3.63, 3.8) is 0 Å². The second-order valence-corrected chi connectivity index (χ2v) is 5.26. The van der Waals surface area contributed by atoms with Gasteiger partial charge >= 0.3 is 18.3 Å². The number of alkyl halides is 3. The minimum Gasteiger partial charge on any atom is -0.466 e. The van der Waals surface area contributed by atoms with Gasteiger partial charge < -0.3 is 23.8 Å². The lowest BCUT2D eigenvalue weighted by molar-refractivity contribution is -0.274. The number of esters is 2. The maximum absolute atomic E-state index is 12.7. The van der Waals surface area contributed by atoms with Crippen molar-refractivity contribution in [3.05, 3.63) is 34.5 Å². The molecule has 0 saturated carbocycles. The average Bonchev–Trinajstić information content (AvgIpc) is 2.58. The van der Waals surface area contributed by atoms with Crippen molar-refractivity contribution in [1.29, 1.82) is 0 Å². The highest BCUT2D eigenvalue weighted by atomic mass is 35.5. The van der Waals surface area contributed by atoms with Gasteiger partial charge in [0.25, 0.3) is 0 Å². The van der Waals surface area contributed by atoms with E-state index in [4.69, 9.17) is 16.3 Å². The molecule has 0 aromatic heterocycles. The van der Waals surface area contributed by atoms with E-state index in [9.17, 15) is 22.8 Å².